The zero-order chi connectivity index (χ0) is 23.3. The number of carbonyl (C=O) groups is 1. The second-order valence-corrected chi connectivity index (χ2v) is 8.83. The van der Waals surface area contributed by atoms with Crippen molar-refractivity contribution in [2.24, 2.45) is 11.8 Å². The number of rotatable bonds is 6. The number of nitriles is 1. The van der Waals surface area contributed by atoms with Crippen LogP contribution in [0.5, 0.6) is 0 Å². The Morgan fingerprint density at radius 3 is 2.79 bits per heavy atom. The summed E-state index contributed by atoms with van der Waals surface area (Å²) < 4.78 is 25.2. The highest BCUT2D eigenvalue weighted by molar-refractivity contribution is 5.90. The number of halogens is 1. The first-order valence-corrected chi connectivity index (χ1v) is 11.1. The van der Waals surface area contributed by atoms with Crippen LogP contribution in [0.2, 0.25) is 0 Å². The number of benzene rings is 1. The summed E-state index contributed by atoms with van der Waals surface area (Å²) in [7, 11) is 0. The van der Waals surface area contributed by atoms with E-state index in [9.17, 15) is 10.1 Å². The third kappa shape index (κ3) is 3.20. The molecule has 2 aliphatic heterocycles. The molecule has 0 unspecified atom stereocenters. The summed E-state index contributed by atoms with van der Waals surface area (Å²) >= 11 is 0. The van der Waals surface area contributed by atoms with Crippen molar-refractivity contribution in [3.63, 3.8) is 0 Å². The number of ether oxygens (including phenoxy) is 1. The molecule has 2 saturated heterocycles. The van der Waals surface area contributed by atoms with Gasteiger partial charge in [0.25, 0.3) is 0 Å². The van der Waals surface area contributed by atoms with Gasteiger partial charge in [0.2, 0.25) is 0 Å². The summed E-state index contributed by atoms with van der Waals surface area (Å²) in [5.74, 6) is 0.669. The van der Waals surface area contributed by atoms with E-state index in [4.69, 9.17) is 9.26 Å². The molecule has 1 saturated carbocycles. The van der Waals surface area contributed by atoms with Gasteiger partial charge in [0.15, 0.2) is 5.82 Å². The lowest BCUT2D eigenvalue weighted by Gasteiger charge is -2.15. The predicted octanol–water partition coefficient (Wildman–Crippen LogP) is 2.92. The number of amides is 1. The van der Waals surface area contributed by atoms with E-state index in [0.29, 0.717) is 41.0 Å². The van der Waals surface area contributed by atoms with Crippen molar-refractivity contribution in [3.05, 3.63) is 60.4 Å². The van der Waals surface area contributed by atoms with Crippen molar-refractivity contribution in [1.82, 2.24) is 15.5 Å². The largest absolute Gasteiger partial charge is 0.442 e. The molecule has 34 heavy (non-hydrogen) atoms. The lowest BCUT2D eigenvalue weighted by atomic mass is 9.96. The summed E-state index contributed by atoms with van der Waals surface area (Å²) in [5, 5.41) is 19.8. The quantitative estimate of drug-likeness (QED) is 0.577. The third-order valence-electron chi connectivity index (χ3n) is 7.05. The molecule has 6 rings (SSSR count). The molecule has 1 amide bonds. The maximum Gasteiger partial charge on any atom is 0.414 e. The Morgan fingerprint density at radius 2 is 2.12 bits per heavy atom. The van der Waals surface area contributed by atoms with Gasteiger partial charge < -0.3 is 19.9 Å². The minimum Gasteiger partial charge on any atom is -0.442 e. The number of piperidine rings is 1. The Labute approximate surface area is 194 Å². The zero-order valence-electron chi connectivity index (χ0n) is 18.1. The number of anilines is 2. The van der Waals surface area contributed by atoms with Crippen LogP contribution in [0.3, 0.4) is 0 Å². The van der Waals surface area contributed by atoms with Gasteiger partial charge in [-0.05, 0) is 24.3 Å². The summed E-state index contributed by atoms with van der Waals surface area (Å²) in [6.45, 7) is 2.29. The van der Waals surface area contributed by atoms with Gasteiger partial charge in [0.1, 0.15) is 23.6 Å². The Balaban J connectivity index is 1.16. The highest BCUT2D eigenvalue weighted by atomic mass is 19.1. The van der Waals surface area contributed by atoms with Crippen LogP contribution in [0.25, 0.3) is 11.1 Å². The molecule has 3 aliphatic rings. The van der Waals surface area contributed by atoms with Gasteiger partial charge in [-0.3, -0.25) is 9.88 Å². The number of aromatic nitrogens is 2. The summed E-state index contributed by atoms with van der Waals surface area (Å²) in [6.07, 6.45) is 2.12. The molecule has 3 fully saturated rings. The topological polar surface area (TPSA) is 116 Å². The van der Waals surface area contributed by atoms with E-state index in [2.05, 4.69) is 26.8 Å². The lowest BCUT2D eigenvalue weighted by Crippen LogP contribution is -2.27. The molecule has 0 bridgehead atoms. The normalized spacial score (nSPS) is 27.2. The second-order valence-electron chi connectivity index (χ2n) is 8.83. The molecule has 3 aromatic rings. The first-order valence-electron chi connectivity index (χ1n) is 11.1. The van der Waals surface area contributed by atoms with Gasteiger partial charge in [0, 0.05) is 48.3 Å². The van der Waals surface area contributed by atoms with Crippen molar-refractivity contribution in [3.8, 4) is 17.2 Å². The summed E-state index contributed by atoms with van der Waals surface area (Å²) in [4.78, 5) is 18.3. The molecule has 2 aromatic heterocycles. The Morgan fingerprint density at radius 1 is 1.26 bits per heavy atom. The van der Waals surface area contributed by atoms with Crippen LogP contribution in [0.4, 0.5) is 20.7 Å². The SMILES string of the molecule is N#C[C@]1(c2ccc(-c3ccc(N4C[C@H](CNc5ccon5)OC4=O)cc3F)cn2)[C@@H]2CNC[C@@H]21. The highest BCUT2D eigenvalue weighted by Gasteiger charge is 2.69. The average molecular weight is 460 g/mol. The van der Waals surface area contributed by atoms with Gasteiger partial charge in [-0.2, -0.15) is 5.26 Å². The van der Waals surface area contributed by atoms with Crippen LogP contribution in [0, 0.1) is 29.0 Å². The first kappa shape index (κ1) is 20.6. The van der Waals surface area contributed by atoms with Gasteiger partial charge in [-0.15, -0.1) is 0 Å². The van der Waals surface area contributed by atoms with Crippen LogP contribution in [-0.4, -0.2) is 48.5 Å². The van der Waals surface area contributed by atoms with Gasteiger partial charge in [-0.1, -0.05) is 11.2 Å². The van der Waals surface area contributed by atoms with E-state index < -0.39 is 23.4 Å². The van der Waals surface area contributed by atoms with E-state index in [1.807, 2.05) is 6.07 Å². The van der Waals surface area contributed by atoms with Gasteiger partial charge in [0.05, 0.1) is 30.5 Å². The number of carbonyl (C=O) groups excluding carboxylic acids is 1. The lowest BCUT2D eigenvalue weighted by molar-refractivity contribution is 0.147. The molecule has 1 aliphatic carbocycles. The Hall–Kier alpha value is -3.97. The number of cyclic esters (lactones) is 1. The minimum absolute atomic E-state index is 0.284. The molecule has 4 atom stereocenters. The molecule has 4 heterocycles. The fraction of sp³-hybridized carbons (Fsp3) is 0.333. The van der Waals surface area contributed by atoms with E-state index >= 15 is 4.39 Å². The van der Waals surface area contributed by atoms with E-state index in [1.54, 1.807) is 30.5 Å². The summed E-state index contributed by atoms with van der Waals surface area (Å²) in [6, 6.07) is 12.4. The molecule has 172 valence electrons. The zero-order valence-corrected chi connectivity index (χ0v) is 18.1. The molecule has 9 nitrogen and oxygen atoms in total. The van der Waals surface area contributed by atoms with Crippen molar-refractivity contribution in [2.45, 2.75) is 11.5 Å². The number of nitrogens with one attached hydrogen (secondary N) is 2. The fourth-order valence-corrected chi connectivity index (χ4v) is 5.21. The maximum absolute atomic E-state index is 15.1. The number of hydrogen-bond donors (Lipinski definition) is 2. The third-order valence-corrected chi connectivity index (χ3v) is 7.05. The average Bonchev–Trinajstić information content (AvgIpc) is 3.38. The first-order chi connectivity index (χ1) is 16.6. The van der Waals surface area contributed by atoms with E-state index in [0.717, 1.165) is 18.8 Å². The fourth-order valence-electron chi connectivity index (χ4n) is 5.21. The van der Waals surface area contributed by atoms with E-state index in [1.165, 1.54) is 17.2 Å². The van der Waals surface area contributed by atoms with Crippen LogP contribution < -0.4 is 15.5 Å². The summed E-state index contributed by atoms with van der Waals surface area (Å²) in [5.41, 5.74) is 1.63. The van der Waals surface area contributed by atoms with Crippen molar-refractivity contribution in [2.75, 3.05) is 36.4 Å². The molecule has 10 heteroatoms. The molecule has 0 spiro atoms. The predicted molar refractivity (Wildman–Crippen MR) is 119 cm³/mol. The monoisotopic (exact) mass is 460 g/mol. The Bertz CT molecular complexity index is 1260. The Kier molecular flexibility index (Phi) is 4.74. The number of fused-ring (bicyclic) bond motifs is 1. The van der Waals surface area contributed by atoms with Crippen molar-refractivity contribution in [1.29, 1.82) is 5.26 Å². The standard InChI is InChI=1S/C24H21FN6O3/c25-20-7-15(31-12-16(34-23(31)32)9-29-22-5-6-33-30-22)2-3-17(20)14-1-4-21(28-8-14)24(13-26)18-10-27-11-19(18)24/h1-8,16,18-19,27H,9-12H2,(H,29,30)/t16-,18-,19+,24+/m0/s1. The van der Waals surface area contributed by atoms with Crippen LogP contribution in [0.1, 0.15) is 5.69 Å². The molecule has 2 N–H and O–H groups in total. The van der Waals surface area contributed by atoms with Crippen LogP contribution in [0.15, 0.2) is 53.4 Å². The van der Waals surface area contributed by atoms with Crippen LogP contribution in [-0.2, 0) is 10.2 Å². The maximum atomic E-state index is 15.1. The molecule has 0 radical (unpaired) electrons. The second kappa shape index (κ2) is 7.81. The van der Waals surface area contributed by atoms with Crippen molar-refractivity contribution < 1.29 is 18.4 Å². The number of pyridine rings is 1. The molecular weight excluding hydrogens is 439 g/mol. The minimum atomic E-state index is -0.531. The number of hydrogen-bond acceptors (Lipinski definition) is 8. The molecule has 1 aromatic carbocycles. The molecular formula is C24H21FN6O3. The smallest absolute Gasteiger partial charge is 0.414 e. The van der Waals surface area contributed by atoms with E-state index in [-0.39, 0.29) is 6.54 Å². The van der Waals surface area contributed by atoms with Gasteiger partial charge in [-0.25, -0.2) is 9.18 Å². The van der Waals surface area contributed by atoms with Crippen LogP contribution >= 0.6 is 0 Å². The highest BCUT2D eigenvalue weighted by Crippen LogP contribution is 2.60. The van der Waals surface area contributed by atoms with Crippen molar-refractivity contribution >= 4 is 17.6 Å². The van der Waals surface area contributed by atoms with Gasteiger partial charge >= 0.3 is 6.09 Å². The number of nitrogens with zero attached hydrogens (tertiary/aromatic N) is 4.